The van der Waals surface area contributed by atoms with Gasteiger partial charge in [-0.2, -0.15) is 8.78 Å². The molecule has 1 amide bonds. The summed E-state index contributed by atoms with van der Waals surface area (Å²) >= 11 is 5.79. The van der Waals surface area contributed by atoms with Crippen LogP contribution in [-0.2, 0) is 14.3 Å². The van der Waals surface area contributed by atoms with E-state index in [1.165, 1.54) is 24.3 Å². The number of anilines is 1. The lowest BCUT2D eigenvalue weighted by atomic mass is 10.2. The Hall–Kier alpha value is -3.66. The molecule has 2 aromatic carbocycles. The van der Waals surface area contributed by atoms with Gasteiger partial charge in [0.1, 0.15) is 17.1 Å². The van der Waals surface area contributed by atoms with Gasteiger partial charge in [0, 0.05) is 23.2 Å². The van der Waals surface area contributed by atoms with Crippen molar-refractivity contribution in [2.75, 3.05) is 18.5 Å². The molecule has 0 aliphatic rings. The van der Waals surface area contributed by atoms with Gasteiger partial charge in [0.15, 0.2) is 13.2 Å². The molecule has 8 nitrogen and oxygen atoms in total. The molecule has 162 valence electrons. The van der Waals surface area contributed by atoms with Crippen LogP contribution in [0.5, 0.6) is 11.5 Å². The number of ether oxygens (including phenoxy) is 3. The number of hydrogen-bond acceptors (Lipinski definition) is 7. The fourth-order valence-corrected chi connectivity index (χ4v) is 2.65. The SMILES string of the molecule is O=C(COC(=O)COc1ccc2ccc(=O)oc2c1)Nc1ccc(OC(F)F)c(Cl)c1. The highest BCUT2D eigenvalue weighted by Gasteiger charge is 2.12. The van der Waals surface area contributed by atoms with E-state index in [-0.39, 0.29) is 22.2 Å². The van der Waals surface area contributed by atoms with Crippen LogP contribution in [0.4, 0.5) is 14.5 Å². The van der Waals surface area contributed by atoms with E-state index in [1.807, 2.05) is 0 Å². The Balaban J connectivity index is 1.46. The molecule has 3 aromatic rings. The molecule has 0 unspecified atom stereocenters. The van der Waals surface area contributed by atoms with Crippen LogP contribution < -0.4 is 20.4 Å². The summed E-state index contributed by atoms with van der Waals surface area (Å²) in [5, 5.41) is 2.94. The Morgan fingerprint density at radius 2 is 1.84 bits per heavy atom. The van der Waals surface area contributed by atoms with Crippen molar-refractivity contribution in [2.45, 2.75) is 6.61 Å². The lowest BCUT2D eigenvalue weighted by molar-refractivity contribution is -0.149. The molecule has 1 N–H and O–H groups in total. The Morgan fingerprint density at radius 3 is 2.58 bits per heavy atom. The average molecular weight is 454 g/mol. The first-order chi connectivity index (χ1) is 14.8. The molecule has 1 heterocycles. The number of alkyl halides is 2. The van der Waals surface area contributed by atoms with Crippen molar-refractivity contribution in [2.24, 2.45) is 0 Å². The Labute approximate surface area is 178 Å². The molecule has 0 radical (unpaired) electrons. The third-order valence-corrected chi connectivity index (χ3v) is 4.04. The highest BCUT2D eigenvalue weighted by molar-refractivity contribution is 6.32. The number of halogens is 3. The molecular formula is C20H14ClF2NO7. The molecule has 0 aliphatic carbocycles. The lowest BCUT2D eigenvalue weighted by Crippen LogP contribution is -2.23. The second-order valence-electron chi connectivity index (χ2n) is 5.98. The summed E-state index contributed by atoms with van der Waals surface area (Å²) in [6, 6.07) is 11.2. The van der Waals surface area contributed by atoms with Crippen molar-refractivity contribution in [3.63, 3.8) is 0 Å². The third-order valence-electron chi connectivity index (χ3n) is 3.75. The van der Waals surface area contributed by atoms with Crippen LogP contribution in [0.1, 0.15) is 0 Å². The van der Waals surface area contributed by atoms with Gasteiger partial charge >= 0.3 is 18.2 Å². The van der Waals surface area contributed by atoms with Crippen molar-refractivity contribution >= 4 is 40.1 Å². The van der Waals surface area contributed by atoms with E-state index in [0.29, 0.717) is 11.0 Å². The summed E-state index contributed by atoms with van der Waals surface area (Å²) in [6.07, 6.45) is 0. The predicted octanol–water partition coefficient (Wildman–Crippen LogP) is 3.61. The molecular weight excluding hydrogens is 440 g/mol. The molecule has 11 heteroatoms. The molecule has 31 heavy (non-hydrogen) atoms. The topological polar surface area (TPSA) is 104 Å². The summed E-state index contributed by atoms with van der Waals surface area (Å²) in [7, 11) is 0. The van der Waals surface area contributed by atoms with Crippen LogP contribution >= 0.6 is 11.6 Å². The van der Waals surface area contributed by atoms with E-state index in [0.717, 1.165) is 6.07 Å². The first kappa shape index (κ1) is 22.0. The Morgan fingerprint density at radius 1 is 1.06 bits per heavy atom. The van der Waals surface area contributed by atoms with Crippen LogP contribution in [0.15, 0.2) is 57.7 Å². The minimum atomic E-state index is -3.03. The van der Waals surface area contributed by atoms with Crippen LogP contribution in [0.25, 0.3) is 11.0 Å². The minimum absolute atomic E-state index is 0.130. The molecule has 0 spiro atoms. The van der Waals surface area contributed by atoms with Crippen LogP contribution in [0.2, 0.25) is 5.02 Å². The van der Waals surface area contributed by atoms with Gasteiger partial charge in [-0.1, -0.05) is 11.6 Å². The highest BCUT2D eigenvalue weighted by Crippen LogP contribution is 2.28. The Bertz CT molecular complexity index is 1170. The van der Waals surface area contributed by atoms with Gasteiger partial charge in [0.2, 0.25) is 0 Å². The quantitative estimate of drug-likeness (QED) is 0.410. The van der Waals surface area contributed by atoms with E-state index < -0.39 is 37.3 Å². The number of benzene rings is 2. The summed E-state index contributed by atoms with van der Waals surface area (Å²) in [4.78, 5) is 34.9. The normalized spacial score (nSPS) is 10.7. The van der Waals surface area contributed by atoms with E-state index in [4.69, 9.17) is 25.5 Å². The number of hydrogen-bond donors (Lipinski definition) is 1. The van der Waals surface area contributed by atoms with Crippen molar-refractivity contribution in [3.05, 3.63) is 64.0 Å². The van der Waals surface area contributed by atoms with Gasteiger partial charge in [-0.05, 0) is 36.4 Å². The largest absolute Gasteiger partial charge is 0.482 e. The van der Waals surface area contributed by atoms with E-state index in [2.05, 4.69) is 10.1 Å². The third kappa shape index (κ3) is 6.41. The van der Waals surface area contributed by atoms with Crippen molar-refractivity contribution in [3.8, 4) is 11.5 Å². The van der Waals surface area contributed by atoms with Crippen molar-refractivity contribution in [1.82, 2.24) is 0 Å². The van der Waals surface area contributed by atoms with E-state index >= 15 is 0 Å². The smallest absolute Gasteiger partial charge is 0.387 e. The zero-order valence-electron chi connectivity index (χ0n) is 15.6. The molecule has 1 aromatic heterocycles. The second kappa shape index (κ2) is 9.90. The summed E-state index contributed by atoms with van der Waals surface area (Å²) in [5.74, 6) is -1.47. The number of nitrogens with one attached hydrogen (secondary N) is 1. The molecule has 0 atom stereocenters. The summed E-state index contributed by atoms with van der Waals surface area (Å²) in [5.41, 5.74) is -0.0320. The number of amides is 1. The van der Waals surface area contributed by atoms with Crippen molar-refractivity contribution < 1.29 is 37.0 Å². The first-order valence-corrected chi connectivity index (χ1v) is 9.04. The minimum Gasteiger partial charge on any atom is -0.482 e. The van der Waals surface area contributed by atoms with Crippen LogP contribution in [-0.4, -0.2) is 31.7 Å². The van der Waals surface area contributed by atoms with Crippen LogP contribution in [0.3, 0.4) is 0 Å². The molecule has 0 saturated heterocycles. The van der Waals surface area contributed by atoms with E-state index in [9.17, 15) is 23.2 Å². The van der Waals surface area contributed by atoms with Gasteiger partial charge < -0.3 is 23.9 Å². The first-order valence-electron chi connectivity index (χ1n) is 8.67. The lowest BCUT2D eigenvalue weighted by Gasteiger charge is -2.10. The zero-order chi connectivity index (χ0) is 22.4. The van der Waals surface area contributed by atoms with Gasteiger partial charge in [0.05, 0.1) is 5.02 Å². The predicted molar refractivity (Wildman–Crippen MR) is 106 cm³/mol. The average Bonchev–Trinajstić information content (AvgIpc) is 2.72. The van der Waals surface area contributed by atoms with Gasteiger partial charge in [-0.15, -0.1) is 0 Å². The monoisotopic (exact) mass is 453 g/mol. The van der Waals surface area contributed by atoms with Gasteiger partial charge in [0.25, 0.3) is 5.91 Å². The van der Waals surface area contributed by atoms with E-state index in [1.54, 1.807) is 18.2 Å². The fraction of sp³-hybridized carbons (Fsp3) is 0.150. The highest BCUT2D eigenvalue weighted by atomic mass is 35.5. The molecule has 0 bridgehead atoms. The Kier molecular flexibility index (Phi) is 7.03. The molecule has 0 fully saturated rings. The van der Waals surface area contributed by atoms with Crippen LogP contribution in [0, 0.1) is 0 Å². The fourth-order valence-electron chi connectivity index (χ4n) is 2.43. The number of fused-ring (bicyclic) bond motifs is 1. The van der Waals surface area contributed by atoms with Gasteiger partial charge in [-0.25, -0.2) is 9.59 Å². The molecule has 0 aliphatic heterocycles. The molecule has 0 saturated carbocycles. The maximum absolute atomic E-state index is 12.2. The maximum Gasteiger partial charge on any atom is 0.387 e. The maximum atomic E-state index is 12.2. The van der Waals surface area contributed by atoms with Gasteiger partial charge in [-0.3, -0.25) is 4.79 Å². The summed E-state index contributed by atoms with van der Waals surface area (Å²) in [6.45, 7) is -4.13. The standard InChI is InChI=1S/C20H14ClF2NO7/c21-14-7-12(3-5-15(14)31-20(22)23)24-17(25)9-29-19(27)10-28-13-4-1-11-2-6-18(26)30-16(11)8-13/h1-8,20H,9-10H2,(H,24,25). The van der Waals surface area contributed by atoms with Crippen molar-refractivity contribution in [1.29, 1.82) is 0 Å². The zero-order valence-corrected chi connectivity index (χ0v) is 16.4. The number of carbonyl (C=O) groups is 2. The number of esters is 1. The summed E-state index contributed by atoms with van der Waals surface area (Å²) < 4.78 is 43.7. The molecule has 3 rings (SSSR count). The second-order valence-corrected chi connectivity index (χ2v) is 6.38. The number of carbonyl (C=O) groups excluding carboxylic acids is 2. The number of rotatable bonds is 8.